The molecule has 0 aliphatic heterocycles. The van der Waals surface area contributed by atoms with Gasteiger partial charge in [-0.15, -0.1) is 0 Å². The van der Waals surface area contributed by atoms with Gasteiger partial charge in [-0.1, -0.05) is 11.6 Å². The van der Waals surface area contributed by atoms with Crippen LogP contribution in [-0.2, 0) is 11.8 Å². The molecule has 0 aliphatic carbocycles. The fourth-order valence-corrected chi connectivity index (χ4v) is 2.53. The molecule has 0 amide bonds. The highest BCUT2D eigenvalue weighted by Gasteiger charge is 2.20. The van der Waals surface area contributed by atoms with Gasteiger partial charge in [0.25, 0.3) is 0 Å². The molecule has 1 atom stereocenters. The van der Waals surface area contributed by atoms with Crippen LogP contribution in [-0.4, -0.2) is 38.2 Å². The van der Waals surface area contributed by atoms with Gasteiger partial charge in [-0.2, -0.15) is 4.98 Å². The van der Waals surface area contributed by atoms with Crippen molar-refractivity contribution in [3.63, 3.8) is 0 Å². The number of anilines is 3. The van der Waals surface area contributed by atoms with Crippen molar-refractivity contribution in [1.82, 2.24) is 24.5 Å². The molecule has 3 heterocycles. The lowest BCUT2D eigenvalue weighted by Crippen LogP contribution is -2.21. The van der Waals surface area contributed by atoms with Crippen molar-refractivity contribution >= 4 is 29.2 Å². The first-order valence-corrected chi connectivity index (χ1v) is 8.18. The minimum absolute atomic E-state index is 0.0268. The van der Waals surface area contributed by atoms with Crippen molar-refractivity contribution in [2.45, 2.75) is 6.04 Å². The number of hydrogen-bond donors (Lipinski definition) is 2. The number of nitrogens with one attached hydrogen (secondary N) is 2. The number of nitrogens with zero attached hydrogens (tertiary/aromatic N) is 5. The lowest BCUT2D eigenvalue weighted by atomic mass is 10.2. The topological polar surface area (TPSA) is 89.8 Å². The number of hydrogen-bond acceptors (Lipinski definition) is 7. The Morgan fingerprint density at radius 1 is 1.22 bits per heavy atom. The van der Waals surface area contributed by atoms with Crippen LogP contribution >= 0.6 is 11.6 Å². The van der Waals surface area contributed by atoms with Crippen molar-refractivity contribution in [1.29, 1.82) is 0 Å². The van der Waals surface area contributed by atoms with E-state index in [-0.39, 0.29) is 23.4 Å². The van der Waals surface area contributed by atoms with Crippen LogP contribution in [0.2, 0.25) is 5.15 Å². The van der Waals surface area contributed by atoms with E-state index in [1.165, 1.54) is 13.2 Å². The minimum Gasteiger partial charge on any atom is -0.382 e. The molecule has 8 nitrogen and oxygen atoms in total. The number of aryl methyl sites for hydroxylation is 1. The number of rotatable bonds is 7. The summed E-state index contributed by atoms with van der Waals surface area (Å²) >= 11 is 6.05. The van der Waals surface area contributed by atoms with Gasteiger partial charge in [0.15, 0.2) is 0 Å². The number of ether oxygens (including phenoxy) is 1. The molecule has 0 bridgehead atoms. The highest BCUT2D eigenvalue weighted by atomic mass is 35.5. The Morgan fingerprint density at radius 3 is 2.70 bits per heavy atom. The van der Waals surface area contributed by atoms with E-state index in [4.69, 9.17) is 16.3 Å². The zero-order valence-electron chi connectivity index (χ0n) is 14.4. The zero-order chi connectivity index (χ0) is 19.4. The molecule has 3 aromatic rings. The maximum atomic E-state index is 14.1. The van der Waals surface area contributed by atoms with Gasteiger partial charge in [0.05, 0.1) is 25.2 Å². The highest BCUT2D eigenvalue weighted by molar-refractivity contribution is 6.29. The quantitative estimate of drug-likeness (QED) is 0.594. The van der Waals surface area contributed by atoms with Crippen LogP contribution < -0.4 is 10.6 Å². The standard InChI is InChI=1S/C16H16ClF2N7O/c1-26-6-14(21-8-26)24-13-4-12(17)23-16(25-13)22-11(7-27-2)15-10(19)3-9(18)5-20-15/h3-6,8,11H,7H2,1-2H3,(H2,22,23,24,25)/t11-/m0/s1. The fourth-order valence-electron chi connectivity index (χ4n) is 2.35. The van der Waals surface area contributed by atoms with E-state index < -0.39 is 17.7 Å². The molecule has 0 radical (unpaired) electrons. The van der Waals surface area contributed by atoms with E-state index >= 15 is 0 Å². The van der Waals surface area contributed by atoms with Crippen LogP contribution in [0.5, 0.6) is 0 Å². The average molecular weight is 396 g/mol. The first-order valence-electron chi connectivity index (χ1n) is 7.80. The van der Waals surface area contributed by atoms with Crippen LogP contribution in [0.25, 0.3) is 0 Å². The van der Waals surface area contributed by atoms with Gasteiger partial charge in [0, 0.05) is 32.5 Å². The number of halogens is 3. The van der Waals surface area contributed by atoms with Crippen LogP contribution in [0.3, 0.4) is 0 Å². The summed E-state index contributed by atoms with van der Waals surface area (Å²) in [6.07, 6.45) is 4.31. The Bertz CT molecular complexity index is 937. The summed E-state index contributed by atoms with van der Waals surface area (Å²) in [4.78, 5) is 16.3. The first-order chi connectivity index (χ1) is 12.9. The number of aromatic nitrogens is 5. The second kappa shape index (κ2) is 8.23. The van der Waals surface area contributed by atoms with E-state index in [0.29, 0.717) is 11.6 Å². The molecule has 27 heavy (non-hydrogen) atoms. The molecular formula is C16H16ClF2N7O. The van der Waals surface area contributed by atoms with Gasteiger partial charge in [0.1, 0.15) is 34.1 Å². The van der Waals surface area contributed by atoms with Crippen molar-refractivity contribution in [2.24, 2.45) is 7.05 Å². The van der Waals surface area contributed by atoms with Gasteiger partial charge < -0.3 is 19.9 Å². The molecule has 0 aromatic carbocycles. The summed E-state index contributed by atoms with van der Waals surface area (Å²) in [5.41, 5.74) is -0.0268. The molecule has 0 unspecified atom stereocenters. The summed E-state index contributed by atoms with van der Waals surface area (Å²) in [5, 5.41) is 6.06. The summed E-state index contributed by atoms with van der Waals surface area (Å²) in [6.45, 7) is 0.0500. The third-order valence-electron chi connectivity index (χ3n) is 3.46. The Balaban J connectivity index is 1.85. The van der Waals surface area contributed by atoms with Crippen molar-refractivity contribution in [3.05, 3.63) is 53.3 Å². The summed E-state index contributed by atoms with van der Waals surface area (Å²) < 4.78 is 34.1. The molecule has 3 aromatic heterocycles. The van der Waals surface area contributed by atoms with Gasteiger partial charge >= 0.3 is 0 Å². The maximum absolute atomic E-state index is 14.1. The van der Waals surface area contributed by atoms with Crippen LogP contribution in [0.15, 0.2) is 30.9 Å². The van der Waals surface area contributed by atoms with E-state index in [1.807, 2.05) is 7.05 Å². The van der Waals surface area contributed by atoms with Crippen molar-refractivity contribution in [2.75, 3.05) is 24.4 Å². The maximum Gasteiger partial charge on any atom is 0.226 e. The van der Waals surface area contributed by atoms with Crippen LogP contribution in [0.4, 0.5) is 26.4 Å². The Kier molecular flexibility index (Phi) is 5.77. The number of pyridine rings is 1. The largest absolute Gasteiger partial charge is 0.382 e. The SMILES string of the molecule is COC[C@H](Nc1nc(Cl)cc(Nc2cn(C)cn2)n1)c1ncc(F)cc1F. The monoisotopic (exact) mass is 395 g/mol. The molecule has 3 rings (SSSR count). The van der Waals surface area contributed by atoms with E-state index in [1.54, 1.807) is 17.1 Å². The highest BCUT2D eigenvalue weighted by Crippen LogP contribution is 2.23. The van der Waals surface area contributed by atoms with Gasteiger partial charge in [-0.25, -0.2) is 18.7 Å². The Hall–Kier alpha value is -2.85. The normalized spacial score (nSPS) is 12.0. The molecule has 142 valence electrons. The predicted octanol–water partition coefficient (Wildman–Crippen LogP) is 3.08. The summed E-state index contributed by atoms with van der Waals surface area (Å²) in [6, 6.07) is 1.51. The third-order valence-corrected chi connectivity index (χ3v) is 3.65. The van der Waals surface area contributed by atoms with Crippen molar-refractivity contribution in [3.8, 4) is 0 Å². The molecule has 11 heteroatoms. The molecule has 0 fully saturated rings. The van der Waals surface area contributed by atoms with E-state index in [0.717, 1.165) is 12.3 Å². The lowest BCUT2D eigenvalue weighted by molar-refractivity contribution is 0.183. The number of imidazole rings is 1. The Morgan fingerprint density at radius 2 is 2.04 bits per heavy atom. The smallest absolute Gasteiger partial charge is 0.226 e. The van der Waals surface area contributed by atoms with E-state index in [9.17, 15) is 8.78 Å². The fraction of sp³-hybridized carbons (Fsp3) is 0.250. The zero-order valence-corrected chi connectivity index (χ0v) is 15.2. The summed E-state index contributed by atoms with van der Waals surface area (Å²) in [7, 11) is 3.28. The number of methoxy groups -OCH3 is 1. The third kappa shape index (κ3) is 4.86. The lowest BCUT2D eigenvalue weighted by Gasteiger charge is -2.18. The molecular weight excluding hydrogens is 380 g/mol. The van der Waals surface area contributed by atoms with Gasteiger partial charge in [-0.05, 0) is 0 Å². The predicted molar refractivity (Wildman–Crippen MR) is 95.9 cm³/mol. The molecule has 0 saturated carbocycles. The minimum atomic E-state index is -0.807. The Labute approximate surface area is 158 Å². The molecule has 0 saturated heterocycles. The summed E-state index contributed by atoms with van der Waals surface area (Å²) in [5.74, 6) is -0.502. The van der Waals surface area contributed by atoms with Crippen molar-refractivity contribution < 1.29 is 13.5 Å². The van der Waals surface area contributed by atoms with Crippen LogP contribution in [0.1, 0.15) is 11.7 Å². The van der Waals surface area contributed by atoms with Gasteiger partial charge in [0.2, 0.25) is 5.95 Å². The molecule has 0 spiro atoms. The van der Waals surface area contributed by atoms with Crippen LogP contribution in [0, 0.1) is 11.6 Å². The molecule has 2 N–H and O–H groups in total. The first kappa shape index (κ1) is 18.9. The second-order valence-corrected chi connectivity index (χ2v) is 6.01. The molecule has 0 aliphatic rings. The second-order valence-electron chi connectivity index (χ2n) is 5.62. The van der Waals surface area contributed by atoms with Gasteiger partial charge in [-0.3, -0.25) is 4.98 Å². The van der Waals surface area contributed by atoms with E-state index in [2.05, 4.69) is 30.6 Å². The average Bonchev–Trinajstić information content (AvgIpc) is 2.99.